The zero-order valence-electron chi connectivity index (χ0n) is 24.5. The second-order valence-corrected chi connectivity index (χ2v) is 10.3. The third kappa shape index (κ3) is 11.4. The number of carbonyl (C=O) groups is 4. The van der Waals surface area contributed by atoms with Gasteiger partial charge < -0.3 is 59.8 Å². The van der Waals surface area contributed by atoms with Crippen LogP contribution < -0.4 is 44.6 Å². The van der Waals surface area contributed by atoms with Crippen molar-refractivity contribution in [2.75, 3.05) is 13.1 Å². The summed E-state index contributed by atoms with van der Waals surface area (Å²) in [4.78, 5) is 61.9. The van der Waals surface area contributed by atoms with Crippen LogP contribution in [0.3, 0.4) is 0 Å². The molecule has 0 bridgehead atoms. The normalized spacial score (nSPS) is 14.3. The first-order chi connectivity index (χ1) is 20.8. The Morgan fingerprint density at radius 2 is 1.43 bits per heavy atom. The van der Waals surface area contributed by atoms with Crippen LogP contribution in [-0.4, -0.2) is 94.2 Å². The number of rotatable bonds is 18. The lowest BCUT2D eigenvalue weighted by molar-refractivity contribution is -0.143. The fraction of sp³-hybridized carbons (Fsp3) is 0.481. The number of nitrogens with one attached hydrogen (secondary N) is 4. The Morgan fingerprint density at radius 1 is 0.864 bits per heavy atom. The molecule has 0 radical (unpaired) electrons. The number of hydrogen-bond acceptors (Lipinski definition) is 8. The number of hydrogen-bond donors (Lipinski definition) is 11. The number of guanidine groups is 2. The van der Waals surface area contributed by atoms with Gasteiger partial charge in [-0.25, -0.2) is 4.79 Å². The van der Waals surface area contributed by atoms with Gasteiger partial charge in [-0.1, -0.05) is 18.2 Å². The standard InChI is InChI=1S/C27H43N11O6/c1-14(39)21(24(42)37-20(25(43)44)9-5-11-34-27(31)32)38-23(41)19(8-4-10-33-26(29)30)36-22(40)17(28)12-15-13-35-18-7-3-2-6-16(15)18/h2-3,6-7,13-14,17,19-21,35,39H,4-5,8-12,28H2,1H3,(H,36,40)(H,37,42)(H,38,41)(H,43,44)(H4,29,30,33)(H4,31,32,34). The minimum Gasteiger partial charge on any atom is -0.480 e. The van der Waals surface area contributed by atoms with Gasteiger partial charge in [-0.05, 0) is 50.7 Å². The summed E-state index contributed by atoms with van der Waals surface area (Å²) in [6.07, 6.45) is 1.07. The Hall–Kier alpha value is -4.90. The highest BCUT2D eigenvalue weighted by molar-refractivity contribution is 5.94. The quantitative estimate of drug-likeness (QED) is 0.0456. The molecule has 0 aliphatic carbocycles. The van der Waals surface area contributed by atoms with Gasteiger partial charge in [0.15, 0.2) is 11.9 Å². The molecule has 0 aliphatic rings. The van der Waals surface area contributed by atoms with Crippen molar-refractivity contribution in [2.24, 2.45) is 38.7 Å². The number of carboxylic acids is 1. The molecule has 2 rings (SSSR count). The average Bonchev–Trinajstić information content (AvgIpc) is 3.36. The first-order valence-corrected chi connectivity index (χ1v) is 14.0. The van der Waals surface area contributed by atoms with Gasteiger partial charge in [0.25, 0.3) is 0 Å². The van der Waals surface area contributed by atoms with Gasteiger partial charge in [-0.2, -0.15) is 0 Å². The highest BCUT2D eigenvalue weighted by atomic mass is 16.4. The second kappa shape index (κ2) is 17.3. The van der Waals surface area contributed by atoms with Crippen LogP contribution in [0.5, 0.6) is 0 Å². The lowest BCUT2D eigenvalue weighted by Gasteiger charge is -2.26. The van der Waals surface area contributed by atoms with Crippen LogP contribution >= 0.6 is 0 Å². The molecule has 17 heteroatoms. The van der Waals surface area contributed by atoms with Gasteiger partial charge in [0.05, 0.1) is 12.1 Å². The Labute approximate surface area is 254 Å². The number of amides is 3. The monoisotopic (exact) mass is 617 g/mol. The van der Waals surface area contributed by atoms with Gasteiger partial charge in [-0.15, -0.1) is 0 Å². The smallest absolute Gasteiger partial charge is 0.326 e. The van der Waals surface area contributed by atoms with E-state index in [9.17, 15) is 29.4 Å². The van der Waals surface area contributed by atoms with E-state index >= 15 is 0 Å². The predicted molar refractivity (Wildman–Crippen MR) is 165 cm³/mol. The fourth-order valence-electron chi connectivity index (χ4n) is 4.36. The summed E-state index contributed by atoms with van der Waals surface area (Å²) in [5, 5.41) is 28.1. The van der Waals surface area contributed by atoms with Crippen LogP contribution in [0.1, 0.15) is 38.2 Å². The van der Waals surface area contributed by atoms with Crippen LogP contribution in [-0.2, 0) is 25.6 Å². The molecule has 3 amide bonds. The molecule has 1 aromatic heterocycles. The molecular weight excluding hydrogens is 574 g/mol. The summed E-state index contributed by atoms with van der Waals surface area (Å²) in [7, 11) is 0. The SMILES string of the molecule is CC(O)C(NC(=O)C(CCCN=C(N)N)NC(=O)C(N)Cc1c[nH]c2ccccc12)C(=O)NC(CCCN=C(N)N)C(=O)O. The second-order valence-electron chi connectivity index (χ2n) is 10.3. The minimum atomic E-state index is -1.54. The van der Waals surface area contributed by atoms with Crippen LogP contribution in [0.25, 0.3) is 10.9 Å². The van der Waals surface area contributed by atoms with Crippen LogP contribution in [0.2, 0.25) is 0 Å². The van der Waals surface area contributed by atoms with Crippen LogP contribution in [0.4, 0.5) is 0 Å². The van der Waals surface area contributed by atoms with Crippen molar-refractivity contribution in [1.82, 2.24) is 20.9 Å². The minimum absolute atomic E-state index is 0.0177. The third-order valence-electron chi connectivity index (χ3n) is 6.65. The Kier molecular flexibility index (Phi) is 13.9. The number of aliphatic hydroxyl groups is 1. The number of benzene rings is 1. The topological polar surface area (TPSA) is 315 Å². The number of H-pyrrole nitrogens is 1. The molecule has 17 nitrogen and oxygen atoms in total. The number of carboxylic acid groups (broad SMARTS) is 1. The van der Waals surface area contributed by atoms with Gasteiger partial charge in [0.2, 0.25) is 17.7 Å². The molecule has 0 saturated carbocycles. The average molecular weight is 618 g/mol. The number of aromatic amines is 1. The van der Waals surface area contributed by atoms with Gasteiger partial charge in [-0.3, -0.25) is 24.4 Å². The first kappa shape index (κ1) is 35.3. The summed E-state index contributed by atoms with van der Waals surface area (Å²) in [5.74, 6) is -3.99. The van der Waals surface area contributed by atoms with Crippen molar-refractivity contribution >= 4 is 46.5 Å². The molecule has 16 N–H and O–H groups in total. The molecule has 1 aromatic carbocycles. The zero-order valence-corrected chi connectivity index (χ0v) is 24.5. The number of nitrogens with two attached hydrogens (primary N) is 5. The van der Waals surface area contributed by atoms with E-state index < -0.39 is 54.0 Å². The number of carbonyl (C=O) groups excluding carboxylic acids is 3. The van der Waals surface area contributed by atoms with E-state index in [1.807, 2.05) is 24.3 Å². The molecule has 242 valence electrons. The summed E-state index contributed by atoms with van der Waals surface area (Å²) in [5.41, 5.74) is 29.2. The lowest BCUT2D eigenvalue weighted by atomic mass is 10.0. The van der Waals surface area contributed by atoms with Crippen molar-refractivity contribution < 1.29 is 29.4 Å². The summed E-state index contributed by atoms with van der Waals surface area (Å²) in [6, 6.07) is 2.43. The number of aliphatic carboxylic acids is 1. The largest absolute Gasteiger partial charge is 0.480 e. The highest BCUT2D eigenvalue weighted by Gasteiger charge is 2.32. The van der Waals surface area contributed by atoms with Crippen LogP contribution in [0.15, 0.2) is 40.4 Å². The maximum Gasteiger partial charge on any atom is 0.326 e. The summed E-state index contributed by atoms with van der Waals surface area (Å²) >= 11 is 0. The molecule has 44 heavy (non-hydrogen) atoms. The Morgan fingerprint density at radius 3 is 2.00 bits per heavy atom. The Bertz CT molecular complexity index is 1330. The molecule has 5 atom stereocenters. The number of aliphatic hydroxyl groups excluding tert-OH is 1. The van der Waals surface area contributed by atoms with E-state index in [1.165, 1.54) is 6.92 Å². The number of fused-ring (bicyclic) bond motifs is 1. The first-order valence-electron chi connectivity index (χ1n) is 14.0. The van der Waals surface area contributed by atoms with Gasteiger partial charge >= 0.3 is 5.97 Å². The zero-order chi connectivity index (χ0) is 32.8. The number of para-hydroxylation sites is 1. The Balaban J connectivity index is 2.13. The lowest BCUT2D eigenvalue weighted by Crippen LogP contribution is -2.60. The molecular formula is C27H43N11O6. The summed E-state index contributed by atoms with van der Waals surface area (Å²) < 4.78 is 0. The third-order valence-corrected chi connectivity index (χ3v) is 6.65. The van der Waals surface area contributed by atoms with Crippen molar-refractivity contribution in [3.63, 3.8) is 0 Å². The van der Waals surface area contributed by atoms with E-state index in [2.05, 4.69) is 30.9 Å². The highest BCUT2D eigenvalue weighted by Crippen LogP contribution is 2.19. The van der Waals surface area contributed by atoms with Gasteiger partial charge in [0.1, 0.15) is 18.1 Å². The molecule has 1 heterocycles. The molecule has 0 aliphatic heterocycles. The van der Waals surface area contributed by atoms with E-state index in [-0.39, 0.29) is 57.1 Å². The van der Waals surface area contributed by atoms with Crippen molar-refractivity contribution in [2.45, 2.75) is 69.3 Å². The number of aliphatic imine (C=N–C) groups is 2. The van der Waals surface area contributed by atoms with Crippen molar-refractivity contribution in [1.29, 1.82) is 0 Å². The summed E-state index contributed by atoms with van der Waals surface area (Å²) in [6.45, 7) is 1.55. The maximum absolute atomic E-state index is 13.3. The van der Waals surface area contributed by atoms with Crippen molar-refractivity contribution in [3.8, 4) is 0 Å². The fourth-order valence-corrected chi connectivity index (χ4v) is 4.36. The molecule has 0 fully saturated rings. The van der Waals surface area contributed by atoms with E-state index in [0.717, 1.165) is 16.5 Å². The molecule has 0 spiro atoms. The molecule has 0 saturated heterocycles. The van der Waals surface area contributed by atoms with Crippen LogP contribution in [0, 0.1) is 0 Å². The maximum atomic E-state index is 13.3. The van der Waals surface area contributed by atoms with Gasteiger partial charge in [0, 0.05) is 30.2 Å². The van der Waals surface area contributed by atoms with E-state index in [0.29, 0.717) is 0 Å². The molecule has 5 unspecified atom stereocenters. The number of aromatic nitrogens is 1. The van der Waals surface area contributed by atoms with Crippen molar-refractivity contribution in [3.05, 3.63) is 36.0 Å². The predicted octanol–water partition coefficient (Wildman–Crippen LogP) is -2.94. The number of nitrogens with zero attached hydrogens (tertiary/aromatic N) is 2. The van der Waals surface area contributed by atoms with E-state index in [1.54, 1.807) is 6.20 Å². The molecule has 2 aromatic rings. The van der Waals surface area contributed by atoms with E-state index in [4.69, 9.17) is 28.7 Å².